The molecule has 0 unspecified atom stereocenters. The Bertz CT molecular complexity index is 1210. The third-order valence-corrected chi connectivity index (χ3v) is 5.11. The number of nitro groups is 1. The van der Waals surface area contributed by atoms with Gasteiger partial charge in [0.15, 0.2) is 11.5 Å². The minimum Gasteiger partial charge on any atom is -0.494 e. The summed E-state index contributed by atoms with van der Waals surface area (Å²) in [6, 6.07) is 16.2. The second-order valence-corrected chi connectivity index (χ2v) is 7.95. The van der Waals surface area contributed by atoms with Crippen molar-refractivity contribution in [3.8, 4) is 17.2 Å². The Labute approximate surface area is 213 Å². The standard InChI is InChI=1S/C26H26ClN3O6/c1-3-13-35-22-11-7-20(8-12-22)26(31)29-28-16-19-14-23(27)25(24(15-19)34-4-2)36-17-18-5-9-21(10-6-18)30(32)33/h5-12,14-16H,3-4,13,17H2,1-2H3,(H,29,31)/b28-16+. The van der Waals surface area contributed by atoms with Crippen molar-refractivity contribution in [2.24, 2.45) is 5.10 Å². The van der Waals surface area contributed by atoms with Gasteiger partial charge in [-0.1, -0.05) is 18.5 Å². The molecule has 0 aliphatic carbocycles. The lowest BCUT2D eigenvalue weighted by atomic mass is 10.2. The molecule has 0 aliphatic heterocycles. The molecule has 0 heterocycles. The third-order valence-electron chi connectivity index (χ3n) is 4.83. The highest BCUT2D eigenvalue weighted by Gasteiger charge is 2.13. The first kappa shape index (κ1) is 26.5. The summed E-state index contributed by atoms with van der Waals surface area (Å²) in [7, 11) is 0. The molecule has 3 aromatic carbocycles. The SMILES string of the molecule is CCCOc1ccc(C(=O)N/N=C/c2cc(Cl)c(OCc3ccc([N+](=O)[O-])cc3)c(OCC)c2)cc1. The second-order valence-electron chi connectivity index (χ2n) is 7.55. The van der Waals surface area contributed by atoms with Crippen molar-refractivity contribution < 1.29 is 23.9 Å². The topological polar surface area (TPSA) is 112 Å². The van der Waals surface area contributed by atoms with E-state index >= 15 is 0 Å². The van der Waals surface area contributed by atoms with Crippen LogP contribution in [0, 0.1) is 10.1 Å². The van der Waals surface area contributed by atoms with Gasteiger partial charge in [-0.3, -0.25) is 14.9 Å². The second kappa shape index (κ2) is 13.1. The van der Waals surface area contributed by atoms with E-state index < -0.39 is 4.92 Å². The van der Waals surface area contributed by atoms with Gasteiger partial charge in [0, 0.05) is 17.7 Å². The van der Waals surface area contributed by atoms with Crippen LogP contribution in [0.15, 0.2) is 65.8 Å². The van der Waals surface area contributed by atoms with Crippen molar-refractivity contribution in [2.45, 2.75) is 26.9 Å². The number of halogens is 1. The molecule has 0 aliphatic rings. The summed E-state index contributed by atoms with van der Waals surface area (Å²) in [6.07, 6.45) is 2.35. The van der Waals surface area contributed by atoms with Gasteiger partial charge in [0.1, 0.15) is 12.4 Å². The average Bonchev–Trinajstić information content (AvgIpc) is 2.87. The smallest absolute Gasteiger partial charge is 0.271 e. The Kier molecular flexibility index (Phi) is 9.64. The first-order valence-corrected chi connectivity index (χ1v) is 11.7. The van der Waals surface area contributed by atoms with Gasteiger partial charge in [0.25, 0.3) is 11.6 Å². The molecule has 188 valence electrons. The van der Waals surface area contributed by atoms with Crippen LogP contribution in [-0.2, 0) is 6.61 Å². The molecule has 10 heteroatoms. The van der Waals surface area contributed by atoms with Gasteiger partial charge in [0.05, 0.1) is 29.4 Å². The number of amides is 1. The van der Waals surface area contributed by atoms with Crippen LogP contribution in [0.1, 0.15) is 41.8 Å². The number of carbonyl (C=O) groups excluding carboxylic acids is 1. The maximum atomic E-state index is 12.4. The highest BCUT2D eigenvalue weighted by molar-refractivity contribution is 6.32. The molecule has 36 heavy (non-hydrogen) atoms. The maximum Gasteiger partial charge on any atom is 0.271 e. The number of rotatable bonds is 12. The van der Waals surface area contributed by atoms with Crippen LogP contribution in [0.25, 0.3) is 0 Å². The molecule has 0 saturated carbocycles. The number of nitro benzene ring substituents is 1. The largest absolute Gasteiger partial charge is 0.494 e. The average molecular weight is 512 g/mol. The summed E-state index contributed by atoms with van der Waals surface area (Å²) in [5.74, 6) is 1.07. The fourth-order valence-electron chi connectivity index (χ4n) is 3.09. The van der Waals surface area contributed by atoms with Crippen LogP contribution in [0.4, 0.5) is 5.69 Å². The number of hydrogen-bond acceptors (Lipinski definition) is 7. The van der Waals surface area contributed by atoms with Crippen LogP contribution in [0.2, 0.25) is 5.02 Å². The lowest BCUT2D eigenvalue weighted by Gasteiger charge is -2.14. The summed E-state index contributed by atoms with van der Waals surface area (Å²) in [5, 5.41) is 15.1. The van der Waals surface area contributed by atoms with Crippen LogP contribution < -0.4 is 19.6 Å². The molecule has 0 atom stereocenters. The number of benzene rings is 3. The predicted octanol–water partition coefficient (Wildman–Crippen LogP) is 5.78. The van der Waals surface area contributed by atoms with Gasteiger partial charge in [-0.15, -0.1) is 0 Å². The van der Waals surface area contributed by atoms with E-state index in [4.69, 9.17) is 25.8 Å². The highest BCUT2D eigenvalue weighted by Crippen LogP contribution is 2.37. The molecule has 3 aromatic rings. The van der Waals surface area contributed by atoms with Crippen molar-refractivity contribution in [3.63, 3.8) is 0 Å². The van der Waals surface area contributed by atoms with Gasteiger partial charge in [-0.2, -0.15) is 5.10 Å². The number of nitrogens with one attached hydrogen (secondary N) is 1. The summed E-state index contributed by atoms with van der Waals surface area (Å²) in [5.41, 5.74) is 4.25. The monoisotopic (exact) mass is 511 g/mol. The molecule has 0 aromatic heterocycles. The molecule has 9 nitrogen and oxygen atoms in total. The van der Waals surface area contributed by atoms with Crippen LogP contribution in [-0.4, -0.2) is 30.3 Å². The molecule has 0 spiro atoms. The van der Waals surface area contributed by atoms with E-state index in [0.717, 1.165) is 12.0 Å². The van der Waals surface area contributed by atoms with Crippen molar-refractivity contribution >= 4 is 29.4 Å². The van der Waals surface area contributed by atoms with Gasteiger partial charge < -0.3 is 14.2 Å². The minimum atomic E-state index is -0.462. The number of hydrazone groups is 1. The van der Waals surface area contributed by atoms with Crippen LogP contribution in [0.3, 0.4) is 0 Å². The number of non-ortho nitro benzene ring substituents is 1. The first-order chi connectivity index (χ1) is 17.4. The Hall–Kier alpha value is -4.11. The van der Waals surface area contributed by atoms with E-state index in [1.807, 2.05) is 13.8 Å². The van der Waals surface area contributed by atoms with Gasteiger partial charge >= 0.3 is 0 Å². The summed E-state index contributed by atoms with van der Waals surface area (Å²) < 4.78 is 17.0. The normalized spacial score (nSPS) is 10.8. The third kappa shape index (κ3) is 7.44. The van der Waals surface area contributed by atoms with Gasteiger partial charge in [-0.25, -0.2) is 5.43 Å². The van der Waals surface area contributed by atoms with E-state index in [9.17, 15) is 14.9 Å². The van der Waals surface area contributed by atoms with Crippen molar-refractivity contribution in [2.75, 3.05) is 13.2 Å². The van der Waals surface area contributed by atoms with E-state index in [1.54, 1.807) is 48.5 Å². The van der Waals surface area contributed by atoms with E-state index in [1.165, 1.54) is 18.3 Å². The Morgan fingerprint density at radius 2 is 1.78 bits per heavy atom. The zero-order valence-electron chi connectivity index (χ0n) is 19.9. The van der Waals surface area contributed by atoms with Gasteiger partial charge in [0.2, 0.25) is 0 Å². The number of ether oxygens (including phenoxy) is 3. The molecular weight excluding hydrogens is 486 g/mol. The van der Waals surface area contributed by atoms with E-state index in [0.29, 0.717) is 46.6 Å². The molecule has 0 fully saturated rings. The van der Waals surface area contributed by atoms with Crippen LogP contribution in [0.5, 0.6) is 17.2 Å². The van der Waals surface area contributed by atoms with Crippen molar-refractivity contribution in [3.05, 3.63) is 92.5 Å². The predicted molar refractivity (Wildman–Crippen MR) is 137 cm³/mol. The van der Waals surface area contributed by atoms with E-state index in [2.05, 4.69) is 10.5 Å². The fraction of sp³-hybridized carbons (Fsp3) is 0.231. The van der Waals surface area contributed by atoms with E-state index in [-0.39, 0.29) is 18.2 Å². The molecule has 3 rings (SSSR count). The maximum absolute atomic E-state index is 12.4. The Morgan fingerprint density at radius 1 is 1.06 bits per heavy atom. The Morgan fingerprint density at radius 3 is 2.42 bits per heavy atom. The fourth-order valence-corrected chi connectivity index (χ4v) is 3.36. The lowest BCUT2D eigenvalue weighted by Crippen LogP contribution is -2.17. The zero-order valence-corrected chi connectivity index (χ0v) is 20.7. The van der Waals surface area contributed by atoms with Crippen molar-refractivity contribution in [1.29, 1.82) is 0 Å². The highest BCUT2D eigenvalue weighted by atomic mass is 35.5. The molecule has 0 saturated heterocycles. The molecule has 1 amide bonds. The number of carbonyl (C=O) groups is 1. The summed E-state index contributed by atoms with van der Waals surface area (Å²) >= 11 is 6.44. The van der Waals surface area contributed by atoms with Crippen LogP contribution >= 0.6 is 11.6 Å². The Balaban J connectivity index is 1.65. The number of hydrogen-bond donors (Lipinski definition) is 1. The molecular formula is C26H26ClN3O6. The number of nitrogens with zero attached hydrogens (tertiary/aromatic N) is 2. The molecule has 0 radical (unpaired) electrons. The minimum absolute atomic E-state index is 0.000485. The molecule has 0 bridgehead atoms. The zero-order chi connectivity index (χ0) is 25.9. The summed E-state index contributed by atoms with van der Waals surface area (Å²) in [6.45, 7) is 4.98. The quantitative estimate of drug-likeness (QED) is 0.187. The van der Waals surface area contributed by atoms with Crippen molar-refractivity contribution in [1.82, 2.24) is 5.43 Å². The summed E-state index contributed by atoms with van der Waals surface area (Å²) in [4.78, 5) is 22.7. The lowest BCUT2D eigenvalue weighted by molar-refractivity contribution is -0.384. The first-order valence-electron chi connectivity index (χ1n) is 11.3. The van der Waals surface area contributed by atoms with Gasteiger partial charge in [-0.05, 0) is 73.0 Å². The molecule has 1 N–H and O–H groups in total.